The van der Waals surface area contributed by atoms with Crippen LogP contribution in [0.4, 0.5) is 5.13 Å². The molecule has 0 saturated heterocycles. The summed E-state index contributed by atoms with van der Waals surface area (Å²) in [5, 5.41) is 2.58. The van der Waals surface area contributed by atoms with Crippen molar-refractivity contribution in [2.24, 2.45) is 0 Å². The van der Waals surface area contributed by atoms with Crippen LogP contribution in [-0.2, 0) is 14.8 Å². The van der Waals surface area contributed by atoms with E-state index in [1.807, 2.05) is 0 Å². The van der Waals surface area contributed by atoms with Gasteiger partial charge in [0.1, 0.15) is 0 Å². The molecule has 1 aromatic carbocycles. The van der Waals surface area contributed by atoms with E-state index in [4.69, 9.17) is 34.8 Å². The number of halogens is 3. The molecule has 0 bridgehead atoms. The van der Waals surface area contributed by atoms with Crippen molar-refractivity contribution in [3.05, 3.63) is 18.2 Å². The van der Waals surface area contributed by atoms with Gasteiger partial charge in [0.05, 0.1) is 15.1 Å². The lowest BCUT2D eigenvalue weighted by molar-refractivity contribution is -0.115. The molecule has 11 heteroatoms. The fourth-order valence-corrected chi connectivity index (χ4v) is 3.54. The number of thiazole rings is 1. The third-order valence-electron chi connectivity index (χ3n) is 2.62. The van der Waals surface area contributed by atoms with Crippen molar-refractivity contribution >= 4 is 77.4 Å². The number of alkyl halides is 3. The molecule has 0 fully saturated rings. The van der Waals surface area contributed by atoms with E-state index in [2.05, 4.69) is 10.3 Å². The minimum atomic E-state index is -3.54. The average Bonchev–Trinajstić information content (AvgIpc) is 2.78. The number of hydrogen-bond acceptors (Lipinski definition) is 5. The van der Waals surface area contributed by atoms with Gasteiger partial charge in [-0.1, -0.05) is 46.1 Å². The summed E-state index contributed by atoms with van der Waals surface area (Å²) in [7, 11) is -0.657. The van der Waals surface area contributed by atoms with Crippen LogP contribution in [0.15, 0.2) is 23.1 Å². The van der Waals surface area contributed by atoms with Crippen LogP contribution in [0.5, 0.6) is 0 Å². The second-order valence-corrected chi connectivity index (χ2v) is 9.85. The first kappa shape index (κ1) is 17.7. The van der Waals surface area contributed by atoms with Gasteiger partial charge in [0, 0.05) is 14.1 Å². The predicted molar refractivity (Wildman–Crippen MR) is 89.4 cm³/mol. The van der Waals surface area contributed by atoms with Crippen molar-refractivity contribution in [1.29, 1.82) is 0 Å². The maximum Gasteiger partial charge on any atom is 0.278 e. The maximum atomic E-state index is 12.1. The molecule has 0 spiro atoms. The average molecular weight is 403 g/mol. The molecule has 1 heterocycles. The summed E-state index contributed by atoms with van der Waals surface area (Å²) in [5.74, 6) is -0.835. The molecular weight excluding hydrogens is 393 g/mol. The zero-order chi connectivity index (χ0) is 16.7. The van der Waals surface area contributed by atoms with Crippen molar-refractivity contribution in [3.8, 4) is 0 Å². The lowest BCUT2D eigenvalue weighted by Crippen LogP contribution is -2.26. The van der Waals surface area contributed by atoms with E-state index in [1.54, 1.807) is 6.07 Å². The molecule has 0 saturated carbocycles. The molecule has 0 aliphatic heterocycles. The highest BCUT2D eigenvalue weighted by Gasteiger charge is 2.31. The third-order valence-corrected chi connectivity index (χ3v) is 5.88. The fraction of sp³-hybridized carbons (Fsp3) is 0.273. The van der Waals surface area contributed by atoms with Crippen LogP contribution >= 0.6 is 46.1 Å². The highest BCUT2D eigenvalue weighted by atomic mass is 35.6. The van der Waals surface area contributed by atoms with Crippen molar-refractivity contribution in [1.82, 2.24) is 9.29 Å². The minimum absolute atomic E-state index is 0.132. The van der Waals surface area contributed by atoms with Gasteiger partial charge in [-0.15, -0.1) is 0 Å². The van der Waals surface area contributed by atoms with E-state index in [0.717, 1.165) is 15.6 Å². The van der Waals surface area contributed by atoms with Crippen LogP contribution in [0.25, 0.3) is 10.2 Å². The lowest BCUT2D eigenvalue weighted by atomic mass is 10.3. The maximum absolute atomic E-state index is 12.1. The van der Waals surface area contributed by atoms with Crippen molar-refractivity contribution in [3.63, 3.8) is 0 Å². The molecule has 1 amide bonds. The standard InChI is InChI=1S/C11H10Cl3N3O3S2/c1-17(2)22(19,20)6-3-4-7-8(5-6)21-10(15-7)16-9(18)11(12,13)14/h3-5H,1-2H3,(H,15,16,18). The molecule has 0 atom stereocenters. The van der Waals surface area contributed by atoms with Gasteiger partial charge in [0.2, 0.25) is 10.0 Å². The molecule has 6 nitrogen and oxygen atoms in total. The van der Waals surface area contributed by atoms with Gasteiger partial charge in [-0.25, -0.2) is 17.7 Å². The van der Waals surface area contributed by atoms with E-state index in [-0.39, 0.29) is 10.0 Å². The number of nitrogens with one attached hydrogen (secondary N) is 1. The van der Waals surface area contributed by atoms with Crippen LogP contribution in [0.2, 0.25) is 0 Å². The van der Waals surface area contributed by atoms with Crippen LogP contribution in [0.1, 0.15) is 0 Å². The number of nitrogens with zero attached hydrogens (tertiary/aromatic N) is 2. The van der Waals surface area contributed by atoms with Gasteiger partial charge >= 0.3 is 0 Å². The monoisotopic (exact) mass is 401 g/mol. The Hall–Kier alpha value is -0.640. The zero-order valence-corrected chi connectivity index (χ0v) is 15.2. The summed E-state index contributed by atoms with van der Waals surface area (Å²) < 4.78 is 23.8. The first-order valence-corrected chi connectivity index (χ1v) is 9.12. The van der Waals surface area contributed by atoms with E-state index >= 15 is 0 Å². The van der Waals surface area contributed by atoms with Crippen molar-refractivity contribution < 1.29 is 13.2 Å². The molecule has 2 rings (SSSR count). The Bertz CT molecular complexity index is 828. The number of sulfonamides is 1. The topological polar surface area (TPSA) is 79.4 Å². The molecule has 0 aliphatic rings. The molecule has 0 radical (unpaired) electrons. The molecule has 2 aromatic rings. The smallest absolute Gasteiger partial charge is 0.278 e. The molecule has 120 valence electrons. The largest absolute Gasteiger partial charge is 0.298 e. The number of hydrogen-bond donors (Lipinski definition) is 1. The van der Waals surface area contributed by atoms with Gasteiger partial charge in [0.15, 0.2) is 5.13 Å². The van der Waals surface area contributed by atoms with Crippen molar-refractivity contribution in [2.45, 2.75) is 8.69 Å². The Balaban J connectivity index is 2.39. The Labute approximate surface area is 146 Å². The minimum Gasteiger partial charge on any atom is -0.298 e. The number of benzene rings is 1. The van der Waals surface area contributed by atoms with Gasteiger partial charge in [-0.3, -0.25) is 10.1 Å². The van der Waals surface area contributed by atoms with E-state index in [0.29, 0.717) is 10.2 Å². The van der Waals surface area contributed by atoms with Gasteiger partial charge in [0.25, 0.3) is 9.70 Å². The molecule has 1 N–H and O–H groups in total. The second kappa shape index (κ2) is 6.10. The van der Waals surface area contributed by atoms with Gasteiger partial charge in [-0.2, -0.15) is 0 Å². The highest BCUT2D eigenvalue weighted by Crippen LogP contribution is 2.32. The SMILES string of the molecule is CN(C)S(=O)(=O)c1ccc2nc(NC(=O)C(Cl)(Cl)Cl)sc2c1. The van der Waals surface area contributed by atoms with Crippen LogP contribution in [-0.4, -0.2) is 41.5 Å². The summed E-state index contributed by atoms with van der Waals surface area (Å²) >= 11 is 17.5. The molecule has 22 heavy (non-hydrogen) atoms. The van der Waals surface area contributed by atoms with Crippen molar-refractivity contribution in [2.75, 3.05) is 19.4 Å². The molecule has 0 aliphatic carbocycles. The number of aromatic nitrogens is 1. The number of fused-ring (bicyclic) bond motifs is 1. The van der Waals surface area contributed by atoms with Gasteiger partial charge < -0.3 is 0 Å². The second-order valence-electron chi connectivity index (χ2n) is 4.39. The normalized spacial score (nSPS) is 12.8. The summed E-state index contributed by atoms with van der Waals surface area (Å²) in [5.41, 5.74) is 0.530. The summed E-state index contributed by atoms with van der Waals surface area (Å²) in [6.07, 6.45) is 0. The lowest BCUT2D eigenvalue weighted by Gasteiger charge is -2.10. The van der Waals surface area contributed by atoms with Crippen LogP contribution in [0, 0.1) is 0 Å². The summed E-state index contributed by atoms with van der Waals surface area (Å²) in [4.78, 5) is 15.9. The number of anilines is 1. The van der Waals surface area contributed by atoms with Crippen LogP contribution in [0.3, 0.4) is 0 Å². The van der Waals surface area contributed by atoms with Gasteiger partial charge in [-0.05, 0) is 18.2 Å². The highest BCUT2D eigenvalue weighted by molar-refractivity contribution is 7.89. The Morgan fingerprint density at radius 1 is 1.32 bits per heavy atom. The van der Waals surface area contributed by atoms with E-state index in [1.165, 1.54) is 26.2 Å². The van der Waals surface area contributed by atoms with E-state index < -0.39 is 19.7 Å². The molecule has 0 unspecified atom stereocenters. The fourth-order valence-electron chi connectivity index (χ4n) is 1.50. The number of carbonyl (C=O) groups is 1. The van der Waals surface area contributed by atoms with E-state index in [9.17, 15) is 13.2 Å². The summed E-state index contributed by atoms with van der Waals surface area (Å²) in [6, 6.07) is 4.47. The molecular formula is C11H10Cl3N3O3S2. The Morgan fingerprint density at radius 2 is 1.95 bits per heavy atom. The third kappa shape index (κ3) is 3.64. The number of carbonyl (C=O) groups excluding carboxylic acids is 1. The summed E-state index contributed by atoms with van der Waals surface area (Å²) in [6.45, 7) is 0. The number of amides is 1. The Morgan fingerprint density at radius 3 is 2.50 bits per heavy atom. The predicted octanol–water partition coefficient (Wildman–Crippen LogP) is 2.86. The first-order chi connectivity index (χ1) is 10.0. The quantitative estimate of drug-likeness (QED) is 0.801. The van der Waals surface area contributed by atoms with Crippen LogP contribution < -0.4 is 5.32 Å². The first-order valence-electron chi connectivity index (χ1n) is 5.73. The number of rotatable bonds is 3. The molecule has 1 aromatic heterocycles. The zero-order valence-electron chi connectivity index (χ0n) is 11.3. The Kier molecular flexibility index (Phi) is 4.91.